The molecule has 0 radical (unpaired) electrons. The standard InChI is InChI=1S/C10H21N3O2/c11-12-10(15)3-1-2-6-13(7-8-14)9-4-5-9/h9,14H,1-8,11H2,(H,12,15). The topological polar surface area (TPSA) is 78.6 Å². The van der Waals surface area contributed by atoms with Crippen LogP contribution in [0.25, 0.3) is 0 Å². The van der Waals surface area contributed by atoms with Gasteiger partial charge in [-0.25, -0.2) is 5.84 Å². The van der Waals surface area contributed by atoms with Crippen molar-refractivity contribution in [3.8, 4) is 0 Å². The zero-order valence-corrected chi connectivity index (χ0v) is 9.11. The Hall–Kier alpha value is -0.650. The number of carbonyl (C=O) groups excluding carboxylic acids is 1. The van der Waals surface area contributed by atoms with Crippen LogP contribution < -0.4 is 11.3 Å². The van der Waals surface area contributed by atoms with Crippen LogP contribution in [-0.2, 0) is 4.79 Å². The lowest BCUT2D eigenvalue weighted by molar-refractivity contribution is -0.121. The Balaban J connectivity index is 2.03. The molecule has 4 N–H and O–H groups in total. The Kier molecular flexibility index (Phi) is 5.60. The van der Waals surface area contributed by atoms with E-state index in [2.05, 4.69) is 10.3 Å². The van der Waals surface area contributed by atoms with Gasteiger partial charge in [0.25, 0.3) is 0 Å². The van der Waals surface area contributed by atoms with Gasteiger partial charge in [0.15, 0.2) is 0 Å². The van der Waals surface area contributed by atoms with Crippen molar-refractivity contribution in [1.82, 2.24) is 10.3 Å². The third-order valence-corrected chi connectivity index (χ3v) is 2.71. The van der Waals surface area contributed by atoms with Crippen LogP contribution in [0.15, 0.2) is 0 Å². The minimum atomic E-state index is -0.102. The molecule has 88 valence electrons. The lowest BCUT2D eigenvalue weighted by Crippen LogP contribution is -2.31. The van der Waals surface area contributed by atoms with Gasteiger partial charge in [0.2, 0.25) is 5.91 Å². The van der Waals surface area contributed by atoms with Gasteiger partial charge >= 0.3 is 0 Å². The van der Waals surface area contributed by atoms with E-state index in [4.69, 9.17) is 10.9 Å². The fourth-order valence-corrected chi connectivity index (χ4v) is 1.72. The summed E-state index contributed by atoms with van der Waals surface area (Å²) in [4.78, 5) is 13.1. The zero-order valence-electron chi connectivity index (χ0n) is 9.11. The third kappa shape index (κ3) is 5.11. The molecule has 0 aromatic heterocycles. The number of aliphatic hydroxyl groups is 1. The second-order valence-electron chi connectivity index (χ2n) is 4.02. The molecule has 0 saturated heterocycles. The van der Waals surface area contributed by atoms with E-state index >= 15 is 0 Å². The Morgan fingerprint density at radius 1 is 1.40 bits per heavy atom. The van der Waals surface area contributed by atoms with Crippen LogP contribution in [0, 0.1) is 0 Å². The van der Waals surface area contributed by atoms with Crippen LogP contribution in [0.1, 0.15) is 32.1 Å². The van der Waals surface area contributed by atoms with Crippen molar-refractivity contribution >= 4 is 5.91 Å². The summed E-state index contributed by atoms with van der Waals surface area (Å²) >= 11 is 0. The highest BCUT2D eigenvalue weighted by Crippen LogP contribution is 2.26. The molecule has 0 aromatic carbocycles. The highest BCUT2D eigenvalue weighted by atomic mass is 16.3. The Morgan fingerprint density at radius 2 is 2.13 bits per heavy atom. The van der Waals surface area contributed by atoms with E-state index in [1.807, 2.05) is 0 Å². The van der Waals surface area contributed by atoms with Crippen molar-refractivity contribution in [2.45, 2.75) is 38.1 Å². The Morgan fingerprint density at radius 3 is 2.67 bits per heavy atom. The number of nitrogens with zero attached hydrogens (tertiary/aromatic N) is 1. The molecule has 1 rings (SSSR count). The largest absolute Gasteiger partial charge is 0.395 e. The van der Waals surface area contributed by atoms with Crippen molar-refractivity contribution in [1.29, 1.82) is 0 Å². The molecule has 0 spiro atoms. The summed E-state index contributed by atoms with van der Waals surface area (Å²) < 4.78 is 0. The van der Waals surface area contributed by atoms with Crippen LogP contribution in [0.3, 0.4) is 0 Å². The number of carbonyl (C=O) groups is 1. The summed E-state index contributed by atoms with van der Waals surface area (Å²) in [7, 11) is 0. The fourth-order valence-electron chi connectivity index (χ4n) is 1.72. The molecule has 0 atom stereocenters. The van der Waals surface area contributed by atoms with Gasteiger partial charge in [0, 0.05) is 19.0 Å². The van der Waals surface area contributed by atoms with Gasteiger partial charge < -0.3 is 5.11 Å². The van der Waals surface area contributed by atoms with Crippen LogP contribution in [0.5, 0.6) is 0 Å². The summed E-state index contributed by atoms with van der Waals surface area (Å²) in [6.07, 6.45) is 4.85. The van der Waals surface area contributed by atoms with E-state index in [1.165, 1.54) is 12.8 Å². The third-order valence-electron chi connectivity index (χ3n) is 2.71. The van der Waals surface area contributed by atoms with Crippen LogP contribution in [0.2, 0.25) is 0 Å². The second kappa shape index (κ2) is 6.76. The first-order chi connectivity index (χ1) is 7.27. The zero-order chi connectivity index (χ0) is 11.1. The fraction of sp³-hybridized carbons (Fsp3) is 0.900. The number of hydrazine groups is 1. The van der Waals surface area contributed by atoms with Gasteiger partial charge in [0.1, 0.15) is 0 Å². The van der Waals surface area contributed by atoms with Crippen molar-refractivity contribution in [3.63, 3.8) is 0 Å². The molecule has 5 heteroatoms. The highest BCUT2D eigenvalue weighted by molar-refractivity contribution is 5.75. The predicted octanol–water partition coefficient (Wildman–Crippen LogP) is -0.397. The molecule has 0 unspecified atom stereocenters. The summed E-state index contributed by atoms with van der Waals surface area (Å²) in [5.74, 6) is 4.88. The van der Waals surface area contributed by atoms with E-state index < -0.39 is 0 Å². The lowest BCUT2D eigenvalue weighted by Gasteiger charge is -2.20. The smallest absolute Gasteiger partial charge is 0.233 e. The number of rotatable bonds is 8. The molecule has 1 fully saturated rings. The number of unbranched alkanes of at least 4 members (excludes halogenated alkanes) is 1. The van der Waals surface area contributed by atoms with Crippen LogP contribution >= 0.6 is 0 Å². The van der Waals surface area contributed by atoms with Gasteiger partial charge in [-0.2, -0.15) is 0 Å². The number of hydrogen-bond donors (Lipinski definition) is 3. The molecular formula is C10H21N3O2. The molecule has 1 amide bonds. The number of nitrogens with one attached hydrogen (secondary N) is 1. The molecule has 1 aliphatic rings. The van der Waals surface area contributed by atoms with E-state index in [1.54, 1.807) is 0 Å². The predicted molar refractivity (Wildman–Crippen MR) is 57.9 cm³/mol. The molecule has 0 aromatic rings. The minimum Gasteiger partial charge on any atom is -0.395 e. The van der Waals surface area contributed by atoms with E-state index in [0.29, 0.717) is 12.5 Å². The molecule has 1 aliphatic carbocycles. The average molecular weight is 215 g/mol. The average Bonchev–Trinajstić information content (AvgIpc) is 3.06. The molecule has 1 saturated carbocycles. The summed E-state index contributed by atoms with van der Waals surface area (Å²) in [6, 6.07) is 0.681. The van der Waals surface area contributed by atoms with Gasteiger partial charge in [-0.1, -0.05) is 0 Å². The quantitative estimate of drug-likeness (QED) is 0.223. The van der Waals surface area contributed by atoms with Gasteiger partial charge in [0.05, 0.1) is 6.61 Å². The molecule has 0 heterocycles. The SMILES string of the molecule is NNC(=O)CCCCN(CCO)C1CC1. The van der Waals surface area contributed by atoms with Crippen molar-refractivity contribution < 1.29 is 9.90 Å². The number of nitrogens with two attached hydrogens (primary N) is 1. The monoisotopic (exact) mass is 215 g/mol. The number of amides is 1. The van der Waals surface area contributed by atoms with Crippen LogP contribution in [0.4, 0.5) is 0 Å². The molecule has 15 heavy (non-hydrogen) atoms. The Labute approximate surface area is 90.6 Å². The first-order valence-electron chi connectivity index (χ1n) is 5.62. The maximum absolute atomic E-state index is 10.8. The summed E-state index contributed by atoms with van der Waals surface area (Å²) in [5, 5.41) is 8.87. The molecule has 5 nitrogen and oxygen atoms in total. The van der Waals surface area contributed by atoms with Crippen molar-refractivity contribution in [3.05, 3.63) is 0 Å². The van der Waals surface area contributed by atoms with Crippen molar-refractivity contribution in [2.24, 2.45) is 5.84 Å². The number of aliphatic hydroxyl groups excluding tert-OH is 1. The van der Waals surface area contributed by atoms with Gasteiger partial charge in [-0.3, -0.25) is 15.1 Å². The first kappa shape index (κ1) is 12.4. The van der Waals surface area contributed by atoms with E-state index in [9.17, 15) is 4.79 Å². The van der Waals surface area contributed by atoms with E-state index in [0.717, 1.165) is 25.9 Å². The summed E-state index contributed by atoms with van der Waals surface area (Å²) in [6.45, 7) is 1.95. The van der Waals surface area contributed by atoms with Crippen molar-refractivity contribution in [2.75, 3.05) is 19.7 Å². The molecule has 0 aliphatic heterocycles. The normalized spacial score (nSPS) is 15.7. The Bertz CT molecular complexity index is 195. The summed E-state index contributed by atoms with van der Waals surface area (Å²) in [5.41, 5.74) is 2.12. The van der Waals surface area contributed by atoms with E-state index in [-0.39, 0.29) is 12.5 Å². The highest BCUT2D eigenvalue weighted by Gasteiger charge is 2.27. The first-order valence-corrected chi connectivity index (χ1v) is 5.62. The van der Waals surface area contributed by atoms with Gasteiger partial charge in [-0.15, -0.1) is 0 Å². The minimum absolute atomic E-state index is 0.102. The second-order valence-corrected chi connectivity index (χ2v) is 4.02. The maximum atomic E-state index is 10.8. The molecular weight excluding hydrogens is 194 g/mol. The van der Waals surface area contributed by atoms with Gasteiger partial charge in [-0.05, 0) is 32.2 Å². The lowest BCUT2D eigenvalue weighted by atomic mass is 10.2. The number of hydrogen-bond acceptors (Lipinski definition) is 4. The maximum Gasteiger partial charge on any atom is 0.233 e. The van der Waals surface area contributed by atoms with Crippen LogP contribution in [-0.4, -0.2) is 41.7 Å². The molecule has 0 bridgehead atoms.